The van der Waals surface area contributed by atoms with Crippen LogP contribution in [0.5, 0.6) is 0 Å². The van der Waals surface area contributed by atoms with E-state index in [-0.39, 0.29) is 11.8 Å². The quantitative estimate of drug-likeness (QED) is 0.873. The Bertz CT molecular complexity index is 640. The van der Waals surface area contributed by atoms with E-state index in [9.17, 15) is 4.79 Å². The van der Waals surface area contributed by atoms with E-state index in [4.69, 9.17) is 0 Å². The van der Waals surface area contributed by atoms with Crippen LogP contribution in [0.3, 0.4) is 0 Å². The Morgan fingerprint density at radius 2 is 2.22 bits per heavy atom. The molecule has 1 aromatic heterocycles. The minimum atomic E-state index is 0.119. The van der Waals surface area contributed by atoms with Crippen molar-refractivity contribution in [2.45, 2.75) is 38.9 Å². The fourth-order valence-electron chi connectivity index (χ4n) is 3.07. The van der Waals surface area contributed by atoms with Gasteiger partial charge in [-0.1, -0.05) is 24.3 Å². The maximum atomic E-state index is 12.4. The molecule has 122 valence electrons. The Balaban J connectivity index is 1.60. The minimum Gasteiger partial charge on any atom is -0.352 e. The lowest BCUT2D eigenvalue weighted by Gasteiger charge is -2.27. The first kappa shape index (κ1) is 15.7. The molecule has 6 heteroatoms. The average molecular weight is 313 g/mol. The number of rotatable bonds is 5. The van der Waals surface area contributed by atoms with Gasteiger partial charge < -0.3 is 10.6 Å². The summed E-state index contributed by atoms with van der Waals surface area (Å²) in [6.45, 7) is 4.27. The van der Waals surface area contributed by atoms with Gasteiger partial charge in [-0.25, -0.2) is 9.67 Å². The Morgan fingerprint density at radius 1 is 1.39 bits per heavy atom. The summed E-state index contributed by atoms with van der Waals surface area (Å²) in [7, 11) is 0. The van der Waals surface area contributed by atoms with Crippen LogP contribution < -0.4 is 10.6 Å². The standard InChI is InChI=1S/C17H23N5O/c1-13-8-14(6-7-19-13)17(23)20-9-15-4-2-3-5-16(15)10-22-12-18-11-21-22/h2-5,11-14,19H,6-10H2,1H3,(H,20,23)/t13-,14-/m0/s1. The number of amides is 1. The van der Waals surface area contributed by atoms with Gasteiger partial charge in [-0.2, -0.15) is 5.10 Å². The van der Waals surface area contributed by atoms with Crippen LogP contribution in [0.2, 0.25) is 0 Å². The molecule has 0 radical (unpaired) electrons. The number of nitrogens with zero attached hydrogens (tertiary/aromatic N) is 3. The number of hydrogen-bond acceptors (Lipinski definition) is 4. The summed E-state index contributed by atoms with van der Waals surface area (Å²) in [6, 6.07) is 8.54. The number of carbonyl (C=O) groups is 1. The molecule has 0 bridgehead atoms. The van der Waals surface area contributed by atoms with Gasteiger partial charge >= 0.3 is 0 Å². The molecule has 0 aliphatic carbocycles. The Kier molecular flexibility index (Phi) is 5.02. The Hall–Kier alpha value is -2.21. The van der Waals surface area contributed by atoms with Crippen LogP contribution >= 0.6 is 0 Å². The first-order valence-electron chi connectivity index (χ1n) is 8.12. The molecule has 1 saturated heterocycles. The molecule has 3 rings (SSSR count). The number of aromatic nitrogens is 3. The van der Waals surface area contributed by atoms with Crippen LogP contribution in [0, 0.1) is 5.92 Å². The molecule has 2 heterocycles. The summed E-state index contributed by atoms with van der Waals surface area (Å²) >= 11 is 0. The predicted octanol–water partition coefficient (Wildman–Crippen LogP) is 1.33. The maximum absolute atomic E-state index is 12.4. The summed E-state index contributed by atoms with van der Waals surface area (Å²) in [6.07, 6.45) is 5.05. The number of nitrogens with one attached hydrogen (secondary N) is 2. The van der Waals surface area contributed by atoms with E-state index in [1.807, 2.05) is 12.1 Å². The first-order chi connectivity index (χ1) is 11.2. The summed E-state index contributed by atoms with van der Waals surface area (Å²) in [4.78, 5) is 16.3. The van der Waals surface area contributed by atoms with E-state index < -0.39 is 0 Å². The van der Waals surface area contributed by atoms with Crippen molar-refractivity contribution in [2.24, 2.45) is 5.92 Å². The SMILES string of the molecule is C[C@H]1C[C@@H](C(=O)NCc2ccccc2Cn2cncn2)CCN1. The minimum absolute atomic E-state index is 0.119. The second-order valence-corrected chi connectivity index (χ2v) is 6.16. The molecule has 0 unspecified atom stereocenters. The van der Waals surface area contributed by atoms with Crippen molar-refractivity contribution in [2.75, 3.05) is 6.54 Å². The largest absolute Gasteiger partial charge is 0.352 e. The first-order valence-corrected chi connectivity index (χ1v) is 8.12. The van der Waals surface area contributed by atoms with Crippen molar-refractivity contribution in [1.29, 1.82) is 0 Å². The van der Waals surface area contributed by atoms with Crippen molar-refractivity contribution >= 4 is 5.91 Å². The van der Waals surface area contributed by atoms with E-state index in [1.54, 1.807) is 11.0 Å². The summed E-state index contributed by atoms with van der Waals surface area (Å²) in [5.41, 5.74) is 2.27. The van der Waals surface area contributed by atoms with Gasteiger partial charge in [-0.15, -0.1) is 0 Å². The van der Waals surface area contributed by atoms with Gasteiger partial charge in [0, 0.05) is 18.5 Å². The second kappa shape index (κ2) is 7.37. The zero-order valence-corrected chi connectivity index (χ0v) is 13.4. The molecule has 1 fully saturated rings. The molecule has 2 atom stereocenters. The molecular weight excluding hydrogens is 290 g/mol. The summed E-state index contributed by atoms with van der Waals surface area (Å²) < 4.78 is 1.79. The van der Waals surface area contributed by atoms with E-state index in [0.717, 1.165) is 30.5 Å². The smallest absolute Gasteiger partial charge is 0.223 e. The van der Waals surface area contributed by atoms with Gasteiger partial charge in [0.2, 0.25) is 5.91 Å². The van der Waals surface area contributed by atoms with Gasteiger partial charge in [-0.05, 0) is 37.4 Å². The number of carbonyl (C=O) groups excluding carboxylic acids is 1. The van der Waals surface area contributed by atoms with Crippen LogP contribution in [-0.4, -0.2) is 33.3 Å². The predicted molar refractivity (Wildman–Crippen MR) is 87.6 cm³/mol. The van der Waals surface area contributed by atoms with E-state index in [1.165, 1.54) is 6.33 Å². The lowest BCUT2D eigenvalue weighted by Crippen LogP contribution is -2.42. The van der Waals surface area contributed by atoms with Gasteiger partial charge in [0.25, 0.3) is 0 Å². The fraction of sp³-hybridized carbons (Fsp3) is 0.471. The zero-order chi connectivity index (χ0) is 16.1. The molecule has 2 aromatic rings. The highest BCUT2D eigenvalue weighted by Crippen LogP contribution is 2.17. The third kappa shape index (κ3) is 4.16. The Labute approximate surface area is 136 Å². The molecule has 6 nitrogen and oxygen atoms in total. The Morgan fingerprint density at radius 3 is 2.96 bits per heavy atom. The van der Waals surface area contributed by atoms with Crippen LogP contribution in [-0.2, 0) is 17.9 Å². The lowest BCUT2D eigenvalue weighted by molar-refractivity contribution is -0.126. The molecular formula is C17H23N5O. The van der Waals surface area contributed by atoms with Crippen molar-refractivity contribution in [1.82, 2.24) is 25.4 Å². The topological polar surface area (TPSA) is 71.8 Å². The van der Waals surface area contributed by atoms with Crippen LogP contribution in [0.4, 0.5) is 0 Å². The van der Waals surface area contributed by atoms with Crippen molar-refractivity contribution < 1.29 is 4.79 Å². The molecule has 1 amide bonds. The molecule has 1 aliphatic heterocycles. The van der Waals surface area contributed by atoms with E-state index >= 15 is 0 Å². The zero-order valence-electron chi connectivity index (χ0n) is 13.4. The van der Waals surface area contributed by atoms with Crippen molar-refractivity contribution in [3.05, 3.63) is 48.0 Å². The highest BCUT2D eigenvalue weighted by molar-refractivity contribution is 5.78. The van der Waals surface area contributed by atoms with E-state index in [0.29, 0.717) is 19.1 Å². The second-order valence-electron chi connectivity index (χ2n) is 6.16. The van der Waals surface area contributed by atoms with Gasteiger partial charge in [0.05, 0.1) is 6.54 Å². The van der Waals surface area contributed by atoms with E-state index in [2.05, 4.69) is 39.8 Å². The molecule has 2 N–H and O–H groups in total. The monoisotopic (exact) mass is 313 g/mol. The molecule has 1 aliphatic rings. The third-order valence-corrected chi connectivity index (χ3v) is 4.36. The molecule has 1 aromatic carbocycles. The molecule has 0 spiro atoms. The third-order valence-electron chi connectivity index (χ3n) is 4.36. The van der Waals surface area contributed by atoms with Crippen LogP contribution in [0.1, 0.15) is 30.9 Å². The summed E-state index contributed by atoms with van der Waals surface area (Å²) in [5.74, 6) is 0.280. The number of hydrogen-bond donors (Lipinski definition) is 2. The fourth-order valence-corrected chi connectivity index (χ4v) is 3.07. The van der Waals surface area contributed by atoms with Crippen LogP contribution in [0.25, 0.3) is 0 Å². The lowest BCUT2D eigenvalue weighted by atomic mass is 9.92. The normalized spacial score (nSPS) is 21.1. The highest BCUT2D eigenvalue weighted by Gasteiger charge is 2.24. The van der Waals surface area contributed by atoms with Crippen molar-refractivity contribution in [3.8, 4) is 0 Å². The number of piperidine rings is 1. The number of benzene rings is 1. The van der Waals surface area contributed by atoms with Gasteiger partial charge in [0.15, 0.2) is 0 Å². The summed E-state index contributed by atoms with van der Waals surface area (Å²) in [5, 5.41) is 10.6. The maximum Gasteiger partial charge on any atom is 0.223 e. The van der Waals surface area contributed by atoms with Gasteiger partial charge in [-0.3, -0.25) is 4.79 Å². The average Bonchev–Trinajstić information content (AvgIpc) is 3.07. The van der Waals surface area contributed by atoms with Gasteiger partial charge in [0.1, 0.15) is 12.7 Å². The molecule has 0 saturated carbocycles. The van der Waals surface area contributed by atoms with Crippen molar-refractivity contribution in [3.63, 3.8) is 0 Å². The van der Waals surface area contributed by atoms with Crippen LogP contribution in [0.15, 0.2) is 36.9 Å². The molecule has 23 heavy (non-hydrogen) atoms. The highest BCUT2D eigenvalue weighted by atomic mass is 16.1.